The zero-order chi connectivity index (χ0) is 15.2. The van der Waals surface area contributed by atoms with Gasteiger partial charge in [-0.1, -0.05) is 12.8 Å². The van der Waals surface area contributed by atoms with Crippen molar-refractivity contribution in [1.82, 2.24) is 10.6 Å². The van der Waals surface area contributed by atoms with Gasteiger partial charge in [0, 0.05) is 16.6 Å². The van der Waals surface area contributed by atoms with E-state index in [-0.39, 0.29) is 11.8 Å². The normalized spacial score (nSPS) is 14.9. The molecule has 5 nitrogen and oxygen atoms in total. The van der Waals surface area contributed by atoms with Crippen LogP contribution in [0.1, 0.15) is 25.7 Å². The molecular weight excluding hydrogens is 293 g/mol. The third-order valence-electron chi connectivity index (χ3n) is 3.26. The lowest BCUT2D eigenvalue weighted by Crippen LogP contribution is -2.44. The largest absolute Gasteiger partial charge is 0.399 e. The molecule has 1 fully saturated rings. The summed E-state index contributed by atoms with van der Waals surface area (Å²) in [7, 11) is 0. The SMILES string of the molecule is Nc1ccc(SCC(=O)NC(=O)NC2CCCC2)c(F)c1. The zero-order valence-corrected chi connectivity index (χ0v) is 12.3. The van der Waals surface area contributed by atoms with E-state index in [1.807, 2.05) is 0 Å². The average Bonchev–Trinajstić information content (AvgIpc) is 2.90. The van der Waals surface area contributed by atoms with Gasteiger partial charge >= 0.3 is 6.03 Å². The fourth-order valence-electron chi connectivity index (χ4n) is 2.23. The van der Waals surface area contributed by atoms with E-state index in [0.717, 1.165) is 37.4 Å². The average molecular weight is 311 g/mol. The van der Waals surface area contributed by atoms with Crippen molar-refractivity contribution in [2.24, 2.45) is 0 Å². The Morgan fingerprint density at radius 3 is 2.71 bits per heavy atom. The standard InChI is InChI=1S/C14H18FN3O2S/c15-11-7-9(16)5-6-12(11)21-8-13(19)18-14(20)17-10-3-1-2-4-10/h5-7,10H,1-4,8,16H2,(H2,17,18,19,20). The van der Waals surface area contributed by atoms with E-state index in [4.69, 9.17) is 5.73 Å². The van der Waals surface area contributed by atoms with Crippen LogP contribution >= 0.6 is 11.8 Å². The van der Waals surface area contributed by atoms with Gasteiger partial charge in [-0.25, -0.2) is 9.18 Å². The van der Waals surface area contributed by atoms with Crippen molar-refractivity contribution in [2.75, 3.05) is 11.5 Å². The fourth-order valence-corrected chi connectivity index (χ4v) is 2.95. The smallest absolute Gasteiger partial charge is 0.321 e. The summed E-state index contributed by atoms with van der Waals surface area (Å²) in [5.41, 5.74) is 5.78. The van der Waals surface area contributed by atoms with Crippen molar-refractivity contribution in [3.8, 4) is 0 Å². The fraction of sp³-hybridized carbons (Fsp3) is 0.429. The van der Waals surface area contributed by atoms with Crippen molar-refractivity contribution in [3.63, 3.8) is 0 Å². The molecule has 1 saturated carbocycles. The molecular formula is C14H18FN3O2S. The number of imide groups is 1. The lowest BCUT2D eigenvalue weighted by atomic mass is 10.2. The molecule has 7 heteroatoms. The Morgan fingerprint density at radius 2 is 2.05 bits per heavy atom. The predicted molar refractivity (Wildman–Crippen MR) is 80.5 cm³/mol. The van der Waals surface area contributed by atoms with Gasteiger partial charge in [0.05, 0.1) is 5.75 Å². The van der Waals surface area contributed by atoms with Gasteiger partial charge in [0.15, 0.2) is 0 Å². The van der Waals surface area contributed by atoms with Crippen LogP contribution in [0.3, 0.4) is 0 Å². The Morgan fingerprint density at radius 1 is 1.33 bits per heavy atom. The maximum atomic E-state index is 13.5. The summed E-state index contributed by atoms with van der Waals surface area (Å²) in [5.74, 6) is -0.950. The molecule has 0 atom stereocenters. The minimum atomic E-state index is -0.481. The third kappa shape index (κ3) is 4.93. The molecule has 114 valence electrons. The van der Waals surface area contributed by atoms with Crippen LogP contribution in [0.25, 0.3) is 0 Å². The molecule has 1 aliphatic carbocycles. The number of amides is 3. The molecule has 1 aromatic carbocycles. The minimum Gasteiger partial charge on any atom is -0.399 e. The van der Waals surface area contributed by atoms with Gasteiger partial charge in [-0.2, -0.15) is 0 Å². The molecule has 0 heterocycles. The van der Waals surface area contributed by atoms with Gasteiger partial charge in [-0.15, -0.1) is 11.8 Å². The molecule has 1 aromatic rings. The van der Waals surface area contributed by atoms with Crippen LogP contribution in [0.5, 0.6) is 0 Å². The number of carbonyl (C=O) groups excluding carboxylic acids is 2. The lowest BCUT2D eigenvalue weighted by Gasteiger charge is -2.12. The second-order valence-corrected chi connectivity index (χ2v) is 6.00. The monoisotopic (exact) mass is 311 g/mol. The number of thioether (sulfide) groups is 1. The second-order valence-electron chi connectivity index (χ2n) is 4.98. The van der Waals surface area contributed by atoms with Crippen LogP contribution in [0, 0.1) is 5.82 Å². The second kappa shape index (κ2) is 7.31. The highest BCUT2D eigenvalue weighted by atomic mass is 32.2. The highest BCUT2D eigenvalue weighted by Crippen LogP contribution is 2.23. The molecule has 0 unspecified atom stereocenters. The van der Waals surface area contributed by atoms with Crippen molar-refractivity contribution in [2.45, 2.75) is 36.6 Å². The third-order valence-corrected chi connectivity index (χ3v) is 4.31. The van der Waals surface area contributed by atoms with Crippen LogP contribution in [0.2, 0.25) is 0 Å². The van der Waals surface area contributed by atoms with Gasteiger partial charge in [0.25, 0.3) is 0 Å². The molecule has 1 aliphatic rings. The molecule has 0 bridgehead atoms. The maximum Gasteiger partial charge on any atom is 0.321 e. The topological polar surface area (TPSA) is 84.2 Å². The van der Waals surface area contributed by atoms with Gasteiger partial charge in [-0.05, 0) is 31.0 Å². The first-order chi connectivity index (χ1) is 10.0. The molecule has 3 amide bonds. The molecule has 4 N–H and O–H groups in total. The van der Waals surface area contributed by atoms with E-state index >= 15 is 0 Å². The van der Waals surface area contributed by atoms with E-state index in [1.165, 1.54) is 12.1 Å². The number of nitrogen functional groups attached to an aromatic ring is 1. The summed E-state index contributed by atoms with van der Waals surface area (Å²) < 4.78 is 13.5. The molecule has 0 aromatic heterocycles. The lowest BCUT2D eigenvalue weighted by molar-refractivity contribution is -0.117. The quantitative estimate of drug-likeness (QED) is 0.588. The number of nitrogens with one attached hydrogen (secondary N) is 2. The van der Waals surface area contributed by atoms with Crippen molar-refractivity contribution >= 4 is 29.4 Å². The first-order valence-electron chi connectivity index (χ1n) is 6.83. The van der Waals surface area contributed by atoms with Gasteiger partial charge in [0.2, 0.25) is 5.91 Å². The molecule has 21 heavy (non-hydrogen) atoms. The number of nitrogens with two attached hydrogens (primary N) is 1. The number of anilines is 1. The number of urea groups is 1. The Kier molecular flexibility index (Phi) is 5.44. The number of benzene rings is 1. The Labute approximate surface area is 126 Å². The first kappa shape index (κ1) is 15.6. The van der Waals surface area contributed by atoms with Crippen LogP contribution < -0.4 is 16.4 Å². The number of rotatable bonds is 4. The van der Waals surface area contributed by atoms with Crippen molar-refractivity contribution in [3.05, 3.63) is 24.0 Å². The summed E-state index contributed by atoms with van der Waals surface area (Å²) in [4.78, 5) is 23.6. The molecule has 0 radical (unpaired) electrons. The summed E-state index contributed by atoms with van der Waals surface area (Å²) in [6.45, 7) is 0. The first-order valence-corrected chi connectivity index (χ1v) is 7.81. The maximum absolute atomic E-state index is 13.5. The van der Waals surface area contributed by atoms with Gasteiger partial charge < -0.3 is 11.1 Å². The Hall–Kier alpha value is -1.76. The number of hydrogen-bond donors (Lipinski definition) is 3. The highest BCUT2D eigenvalue weighted by molar-refractivity contribution is 8.00. The van der Waals surface area contributed by atoms with Crippen LogP contribution in [-0.2, 0) is 4.79 Å². The zero-order valence-electron chi connectivity index (χ0n) is 11.5. The minimum absolute atomic E-state index is 0.0288. The van der Waals surface area contributed by atoms with E-state index in [1.54, 1.807) is 6.07 Å². The number of halogens is 1. The van der Waals surface area contributed by atoms with E-state index in [9.17, 15) is 14.0 Å². The molecule has 0 aliphatic heterocycles. The van der Waals surface area contributed by atoms with E-state index < -0.39 is 17.8 Å². The highest BCUT2D eigenvalue weighted by Gasteiger charge is 2.18. The summed E-state index contributed by atoms with van der Waals surface area (Å²) in [5, 5.41) is 5.01. The van der Waals surface area contributed by atoms with Gasteiger partial charge in [0.1, 0.15) is 5.82 Å². The predicted octanol–water partition coefficient (Wildman–Crippen LogP) is 2.27. The van der Waals surface area contributed by atoms with Crippen molar-refractivity contribution in [1.29, 1.82) is 0 Å². The van der Waals surface area contributed by atoms with Crippen LogP contribution in [-0.4, -0.2) is 23.7 Å². The van der Waals surface area contributed by atoms with Crippen LogP contribution in [0.15, 0.2) is 23.1 Å². The Balaban J connectivity index is 1.75. The van der Waals surface area contributed by atoms with Crippen LogP contribution in [0.4, 0.5) is 14.9 Å². The number of hydrogen-bond acceptors (Lipinski definition) is 4. The van der Waals surface area contributed by atoms with E-state index in [0.29, 0.717) is 10.6 Å². The summed E-state index contributed by atoms with van der Waals surface area (Å²) in [6.07, 6.45) is 4.11. The van der Waals surface area contributed by atoms with E-state index in [2.05, 4.69) is 10.6 Å². The summed E-state index contributed by atoms with van der Waals surface area (Å²) in [6, 6.07) is 3.95. The number of carbonyl (C=O) groups is 2. The Bertz CT molecular complexity index is 533. The van der Waals surface area contributed by atoms with Gasteiger partial charge in [-0.3, -0.25) is 10.1 Å². The molecule has 0 saturated heterocycles. The molecule has 2 rings (SSSR count). The molecule has 0 spiro atoms. The summed E-state index contributed by atoms with van der Waals surface area (Å²) >= 11 is 1.03. The van der Waals surface area contributed by atoms with Crippen molar-refractivity contribution < 1.29 is 14.0 Å².